The molecule has 1 saturated heterocycles. The van der Waals surface area contributed by atoms with Crippen molar-refractivity contribution in [3.05, 3.63) is 29.6 Å². The number of nitrogens with zero attached hydrogens (tertiary/aromatic N) is 3. The molecule has 1 amide bonds. The number of hydrogen-bond donors (Lipinski definition) is 1. The first-order valence-corrected chi connectivity index (χ1v) is 9.75. The summed E-state index contributed by atoms with van der Waals surface area (Å²) in [7, 11) is 1.93. The Kier molecular flexibility index (Phi) is 9.45. The quantitative estimate of drug-likeness (QED) is 0.675. The molecule has 0 unspecified atom stereocenters. The number of carbonyl (C=O) groups excluding carboxylic acids is 1. The van der Waals surface area contributed by atoms with E-state index in [1.54, 1.807) is 30.9 Å². The molecule has 1 fully saturated rings. The third-order valence-corrected chi connectivity index (χ3v) is 5.41. The minimum absolute atomic E-state index is 0. The molecule has 10 heteroatoms. The van der Waals surface area contributed by atoms with Crippen LogP contribution in [0.2, 0.25) is 0 Å². The van der Waals surface area contributed by atoms with Crippen LogP contribution in [0.25, 0.3) is 11.0 Å². The van der Waals surface area contributed by atoms with Gasteiger partial charge in [0, 0.05) is 24.7 Å². The van der Waals surface area contributed by atoms with Crippen LogP contribution in [0.3, 0.4) is 0 Å². The van der Waals surface area contributed by atoms with Gasteiger partial charge in [-0.2, -0.15) is 13.2 Å². The number of nitrogens with one attached hydrogen (secondary N) is 1. The second-order valence-electron chi connectivity index (χ2n) is 7.73. The van der Waals surface area contributed by atoms with Crippen LogP contribution in [0.4, 0.5) is 13.2 Å². The van der Waals surface area contributed by atoms with Gasteiger partial charge in [0.2, 0.25) is 5.82 Å². The maximum absolute atomic E-state index is 13.4. The summed E-state index contributed by atoms with van der Waals surface area (Å²) in [5.41, 5.74) is 0.990. The predicted molar refractivity (Wildman–Crippen MR) is 117 cm³/mol. The van der Waals surface area contributed by atoms with Crippen LogP contribution in [-0.4, -0.2) is 47.0 Å². The Hall–Kier alpha value is -1.51. The molecule has 1 aliphatic rings. The summed E-state index contributed by atoms with van der Waals surface area (Å²) in [4.78, 5) is 18.4. The molecule has 1 N–H and O–H groups in total. The number of alkyl halides is 3. The molecule has 0 spiro atoms. The van der Waals surface area contributed by atoms with Crippen molar-refractivity contribution in [3.63, 3.8) is 0 Å². The van der Waals surface area contributed by atoms with Gasteiger partial charge in [-0.05, 0) is 70.8 Å². The number of rotatable bonds is 5. The highest BCUT2D eigenvalue weighted by Gasteiger charge is 2.38. The molecular formula is C20H29Cl2F3N4O. The summed E-state index contributed by atoms with van der Waals surface area (Å²) in [6.07, 6.45) is -1.54. The van der Waals surface area contributed by atoms with E-state index in [1.807, 2.05) is 7.05 Å². The molecule has 2 heterocycles. The van der Waals surface area contributed by atoms with Gasteiger partial charge < -0.3 is 14.8 Å². The SMILES string of the molecule is CNCCC1CCN(C(=O)c2ccc3c(c2)nc(C(F)(F)F)n3C(C)C)CC1.Cl.Cl. The molecule has 2 aromatic rings. The number of hydrogen-bond acceptors (Lipinski definition) is 3. The molecule has 0 saturated carbocycles. The smallest absolute Gasteiger partial charge is 0.339 e. The van der Waals surface area contributed by atoms with Gasteiger partial charge in [0.1, 0.15) is 0 Å². The van der Waals surface area contributed by atoms with Crippen LogP contribution in [0, 0.1) is 5.92 Å². The van der Waals surface area contributed by atoms with Gasteiger partial charge in [0.05, 0.1) is 11.0 Å². The van der Waals surface area contributed by atoms with Crippen LogP contribution in [0.1, 0.15) is 55.3 Å². The first kappa shape index (κ1) is 26.5. The Morgan fingerprint density at radius 1 is 1.23 bits per heavy atom. The van der Waals surface area contributed by atoms with Crippen molar-refractivity contribution in [2.75, 3.05) is 26.7 Å². The minimum atomic E-state index is -4.54. The minimum Gasteiger partial charge on any atom is -0.339 e. The summed E-state index contributed by atoms with van der Waals surface area (Å²) >= 11 is 0. The third-order valence-electron chi connectivity index (χ3n) is 5.41. The van der Waals surface area contributed by atoms with Gasteiger partial charge >= 0.3 is 6.18 Å². The van der Waals surface area contributed by atoms with Crippen LogP contribution >= 0.6 is 24.8 Å². The Balaban J connectivity index is 0.00000225. The molecule has 1 aliphatic heterocycles. The molecule has 3 rings (SSSR count). The molecule has 1 aromatic carbocycles. The van der Waals surface area contributed by atoms with Crippen molar-refractivity contribution < 1.29 is 18.0 Å². The van der Waals surface area contributed by atoms with E-state index in [0.29, 0.717) is 30.1 Å². The van der Waals surface area contributed by atoms with Crippen LogP contribution < -0.4 is 5.32 Å². The van der Waals surface area contributed by atoms with E-state index < -0.39 is 12.0 Å². The lowest BCUT2D eigenvalue weighted by Gasteiger charge is -2.32. The van der Waals surface area contributed by atoms with Crippen LogP contribution in [-0.2, 0) is 6.18 Å². The average molecular weight is 469 g/mol. The first-order valence-electron chi connectivity index (χ1n) is 9.75. The van der Waals surface area contributed by atoms with Crippen molar-refractivity contribution >= 4 is 41.8 Å². The molecule has 0 aliphatic carbocycles. The van der Waals surface area contributed by atoms with Crippen molar-refractivity contribution in [2.24, 2.45) is 5.92 Å². The normalized spacial score (nSPS) is 15.2. The van der Waals surface area contributed by atoms with Gasteiger partial charge in [-0.25, -0.2) is 4.98 Å². The number of imidazole rings is 1. The van der Waals surface area contributed by atoms with Crippen molar-refractivity contribution in [2.45, 2.75) is 45.3 Å². The van der Waals surface area contributed by atoms with Crippen molar-refractivity contribution in [1.82, 2.24) is 19.8 Å². The summed E-state index contributed by atoms with van der Waals surface area (Å²) in [5.74, 6) is -0.455. The van der Waals surface area contributed by atoms with Crippen LogP contribution in [0.15, 0.2) is 18.2 Å². The Morgan fingerprint density at radius 2 is 1.87 bits per heavy atom. The summed E-state index contributed by atoms with van der Waals surface area (Å²) < 4.78 is 41.3. The second-order valence-corrected chi connectivity index (χ2v) is 7.73. The predicted octanol–water partition coefficient (Wildman–Crippen LogP) is 4.94. The second kappa shape index (κ2) is 10.7. The topological polar surface area (TPSA) is 50.2 Å². The maximum Gasteiger partial charge on any atom is 0.449 e. The van der Waals surface area contributed by atoms with Gasteiger partial charge in [-0.15, -0.1) is 24.8 Å². The van der Waals surface area contributed by atoms with E-state index in [0.717, 1.165) is 25.8 Å². The zero-order valence-electron chi connectivity index (χ0n) is 17.3. The molecule has 170 valence electrons. The molecule has 0 bridgehead atoms. The van der Waals surface area contributed by atoms with Crippen molar-refractivity contribution in [3.8, 4) is 0 Å². The number of amides is 1. The fourth-order valence-corrected chi connectivity index (χ4v) is 3.91. The van der Waals surface area contributed by atoms with E-state index in [-0.39, 0.29) is 42.3 Å². The van der Waals surface area contributed by atoms with E-state index >= 15 is 0 Å². The largest absolute Gasteiger partial charge is 0.449 e. The highest BCUT2D eigenvalue weighted by Crippen LogP contribution is 2.34. The number of fused-ring (bicyclic) bond motifs is 1. The number of carbonyl (C=O) groups is 1. The van der Waals surface area contributed by atoms with E-state index in [2.05, 4.69) is 10.3 Å². The lowest BCUT2D eigenvalue weighted by Crippen LogP contribution is -2.38. The number of aromatic nitrogens is 2. The maximum atomic E-state index is 13.4. The fraction of sp³-hybridized carbons (Fsp3) is 0.600. The summed E-state index contributed by atoms with van der Waals surface area (Å²) in [6, 6.07) is 4.28. The molecule has 1 aromatic heterocycles. The first-order chi connectivity index (χ1) is 13.2. The van der Waals surface area contributed by atoms with Gasteiger partial charge in [0.25, 0.3) is 5.91 Å². The Labute approximate surface area is 187 Å². The molecule has 30 heavy (non-hydrogen) atoms. The van der Waals surface area contributed by atoms with Gasteiger partial charge in [-0.3, -0.25) is 4.79 Å². The monoisotopic (exact) mass is 468 g/mol. The van der Waals surface area contributed by atoms with E-state index in [1.165, 1.54) is 10.6 Å². The van der Waals surface area contributed by atoms with Gasteiger partial charge in [0.15, 0.2) is 0 Å². The third kappa shape index (κ3) is 5.59. The summed E-state index contributed by atoms with van der Waals surface area (Å²) in [6.45, 7) is 5.70. The highest BCUT2D eigenvalue weighted by atomic mass is 35.5. The highest BCUT2D eigenvalue weighted by molar-refractivity contribution is 5.97. The summed E-state index contributed by atoms with van der Waals surface area (Å²) in [5, 5.41) is 3.15. The molecular weight excluding hydrogens is 440 g/mol. The lowest BCUT2D eigenvalue weighted by molar-refractivity contribution is -0.147. The standard InChI is InChI=1S/C20H27F3N4O.2ClH/c1-13(2)27-17-5-4-15(12-16(17)25-19(27)20(21,22)23)18(28)26-10-7-14(8-11-26)6-9-24-3;;/h4-5,12-14,24H,6-11H2,1-3H3;2*1H. The molecule has 0 radical (unpaired) electrons. The van der Waals surface area contributed by atoms with E-state index in [9.17, 15) is 18.0 Å². The fourth-order valence-electron chi connectivity index (χ4n) is 3.91. The zero-order chi connectivity index (χ0) is 20.5. The van der Waals surface area contributed by atoms with E-state index in [4.69, 9.17) is 0 Å². The molecule has 0 atom stereocenters. The molecule has 5 nitrogen and oxygen atoms in total. The van der Waals surface area contributed by atoms with Crippen LogP contribution in [0.5, 0.6) is 0 Å². The number of halogens is 5. The number of likely N-dealkylation sites (tertiary alicyclic amines) is 1. The van der Waals surface area contributed by atoms with Crippen molar-refractivity contribution in [1.29, 1.82) is 0 Å². The average Bonchev–Trinajstić information content (AvgIpc) is 3.05. The zero-order valence-corrected chi connectivity index (χ0v) is 19.0. The number of benzene rings is 1. The Morgan fingerprint density at radius 3 is 2.40 bits per heavy atom. The number of piperidine rings is 1. The Bertz CT molecular complexity index is 846. The lowest BCUT2D eigenvalue weighted by atomic mass is 9.93. The van der Waals surface area contributed by atoms with Gasteiger partial charge in [-0.1, -0.05) is 0 Å².